The van der Waals surface area contributed by atoms with Crippen LogP contribution in [-0.2, 0) is 5.75 Å². The van der Waals surface area contributed by atoms with Gasteiger partial charge >= 0.3 is 0 Å². The van der Waals surface area contributed by atoms with Crippen molar-refractivity contribution in [1.82, 2.24) is 19.9 Å². The van der Waals surface area contributed by atoms with Crippen LogP contribution in [0.2, 0.25) is 20.2 Å². The number of ether oxygens (including phenoxy) is 1. The molecule has 12 heteroatoms. The van der Waals surface area contributed by atoms with Gasteiger partial charge in [0.15, 0.2) is 0 Å². The molecule has 148 heavy (non-hydrogen) atoms. The van der Waals surface area contributed by atoms with Gasteiger partial charge in [0, 0.05) is 47.0 Å². The molecule has 1 aliphatic rings. The smallest absolute Gasteiger partial charge is 0.142 e. The van der Waals surface area contributed by atoms with Crippen molar-refractivity contribution in [3.8, 4) is 5.75 Å². The first-order chi connectivity index (χ1) is 69.7. The maximum absolute atomic E-state index is 13.5. The number of halogens is 5. The molecule has 14 aromatic rings. The Bertz CT molecular complexity index is 5190. The summed E-state index contributed by atoms with van der Waals surface area (Å²) in [6.07, 6.45) is 11.4. The molecule has 0 atom stereocenters. The van der Waals surface area contributed by atoms with Gasteiger partial charge in [-0.05, 0) is 298 Å². The molecule has 802 valence electrons. The molecular weight excluding hydrogens is 1930 g/mol. The number of hydrogen-bond acceptors (Lipinski definition) is 7. The highest BCUT2D eigenvalue weighted by atomic mass is 35.5. The minimum absolute atomic E-state index is 0.262. The zero-order valence-corrected chi connectivity index (χ0v) is 102. The van der Waals surface area contributed by atoms with Gasteiger partial charge in [0.1, 0.15) is 22.5 Å². The quantitative estimate of drug-likeness (QED) is 0.0590. The molecule has 0 unspecified atom stereocenters. The van der Waals surface area contributed by atoms with Crippen molar-refractivity contribution in [2.24, 2.45) is 0 Å². The molecule has 3 aromatic heterocycles. The SMILES string of the molecule is CC(C)SCc1ccccc1.CC(C)c1cc(F)c(Cl)c(C2CC2)c1.CC(C)c1ccc(Cl)cn1.CC(C)c1ccc(Cl)nc1.CC(C)c1ncc(Cl)cn1.CSc1ccc(C(C)C)cc1.Cc1ccc(C(C)C)cc1.Cc1ccc(C(C)C)cc1.Cc1ccc(C(C)C)cc1.Cc1ccc(C(C)C)cc1.Cc1ccc(C(C)C)cc1.Cc1ccc(C(C)C)cc1C.Cc1ccc(OC(C)C)cc1.Cc1cccc(C(C)C)c1. The molecule has 0 spiro atoms. The van der Waals surface area contributed by atoms with Crippen LogP contribution in [0.4, 0.5) is 4.39 Å². The molecule has 0 radical (unpaired) electrons. The van der Waals surface area contributed by atoms with Gasteiger partial charge in [0.05, 0.1) is 21.2 Å². The Labute approximate surface area is 929 Å². The van der Waals surface area contributed by atoms with E-state index in [4.69, 9.17) is 51.1 Å². The lowest BCUT2D eigenvalue weighted by molar-refractivity contribution is 0.242. The number of rotatable bonds is 19. The van der Waals surface area contributed by atoms with Crippen LogP contribution >= 0.6 is 69.9 Å². The molecule has 1 fully saturated rings. The predicted octanol–water partition coefficient (Wildman–Crippen LogP) is 44.2. The number of aryl methyl sites for hydroxylation is 9. The summed E-state index contributed by atoms with van der Waals surface area (Å²) >= 11 is 26.6. The maximum atomic E-state index is 13.5. The molecule has 0 amide bonds. The summed E-state index contributed by atoms with van der Waals surface area (Å²) in [5.41, 5.74) is 29.3. The highest BCUT2D eigenvalue weighted by Crippen LogP contribution is 2.45. The summed E-state index contributed by atoms with van der Waals surface area (Å²) in [4.78, 5) is 17.5. The number of thioether (sulfide) groups is 2. The summed E-state index contributed by atoms with van der Waals surface area (Å²) in [5, 5.41) is 2.91. The van der Waals surface area contributed by atoms with Crippen LogP contribution in [0, 0.1) is 68.1 Å². The summed E-state index contributed by atoms with van der Waals surface area (Å²) in [7, 11) is 0. The maximum Gasteiger partial charge on any atom is 0.142 e. The molecule has 0 aliphatic heterocycles. The lowest BCUT2D eigenvalue weighted by atomic mass is 9.99. The van der Waals surface area contributed by atoms with E-state index in [1.807, 2.05) is 82.1 Å². The number of benzene rings is 11. The average Bonchev–Trinajstić information content (AvgIpc) is 1.65. The van der Waals surface area contributed by atoms with E-state index in [9.17, 15) is 4.39 Å². The van der Waals surface area contributed by atoms with E-state index in [0.29, 0.717) is 97.2 Å². The Balaban J connectivity index is 0.000000539. The molecule has 0 N–H and O–H groups in total. The molecule has 1 saturated carbocycles. The molecule has 5 nitrogen and oxygen atoms in total. The van der Waals surface area contributed by atoms with Crippen LogP contribution in [0.5, 0.6) is 5.75 Å². The van der Waals surface area contributed by atoms with Gasteiger partial charge in [-0.2, -0.15) is 11.8 Å². The van der Waals surface area contributed by atoms with E-state index in [-0.39, 0.29) is 11.9 Å². The van der Waals surface area contributed by atoms with Crippen molar-refractivity contribution in [3.63, 3.8) is 0 Å². The molecule has 11 aromatic carbocycles. The number of pyridine rings is 2. The molecule has 15 rings (SSSR count). The Morgan fingerprint density at radius 1 is 0.297 bits per heavy atom. The fourth-order valence-electron chi connectivity index (χ4n) is 13.4. The Morgan fingerprint density at radius 2 is 0.655 bits per heavy atom. The average molecular weight is 2120 g/mol. The number of hydrogen-bond donors (Lipinski definition) is 0. The van der Waals surface area contributed by atoms with Crippen LogP contribution in [0.1, 0.15) is 412 Å². The second-order valence-corrected chi connectivity index (χ2v) is 46.6. The third-order valence-corrected chi connectivity index (χ3v) is 26.9. The van der Waals surface area contributed by atoms with Crippen LogP contribution in [0.25, 0.3) is 0 Å². The van der Waals surface area contributed by atoms with E-state index < -0.39 is 0 Å². The first-order valence-electron chi connectivity index (χ1n) is 53.4. The van der Waals surface area contributed by atoms with Gasteiger partial charge < -0.3 is 4.74 Å². The Morgan fingerprint density at radius 3 is 0.959 bits per heavy atom. The van der Waals surface area contributed by atoms with Crippen LogP contribution in [0.15, 0.2) is 309 Å². The van der Waals surface area contributed by atoms with Gasteiger partial charge in [-0.15, -0.1) is 11.8 Å². The van der Waals surface area contributed by atoms with E-state index in [0.717, 1.165) is 52.2 Å². The third kappa shape index (κ3) is 60.4. The monoisotopic (exact) mass is 2110 g/mol. The second kappa shape index (κ2) is 74.4. The highest BCUT2D eigenvalue weighted by molar-refractivity contribution is 7.99. The highest BCUT2D eigenvalue weighted by Gasteiger charge is 2.28. The van der Waals surface area contributed by atoms with Crippen molar-refractivity contribution in [2.45, 2.75) is 368 Å². The van der Waals surface area contributed by atoms with Crippen LogP contribution in [-0.4, -0.2) is 37.5 Å². The first kappa shape index (κ1) is 134. The Hall–Kier alpha value is -9.61. The third-order valence-electron chi connectivity index (χ3n) is 23.9. The largest absolute Gasteiger partial charge is 0.491 e. The zero-order valence-electron chi connectivity index (χ0n) is 97.6. The Kier molecular flexibility index (Phi) is 67.6. The normalized spacial score (nSPS) is 11.0. The molecule has 0 bridgehead atoms. The summed E-state index contributed by atoms with van der Waals surface area (Å²) in [5.74, 6) is 10.1. The van der Waals surface area contributed by atoms with Gasteiger partial charge in [-0.3, -0.25) is 4.98 Å². The van der Waals surface area contributed by atoms with Crippen molar-refractivity contribution < 1.29 is 9.13 Å². The fourth-order valence-corrected chi connectivity index (χ4v) is 15.1. The molecule has 1 aliphatic carbocycles. The number of aromatic nitrogens is 4. The molecule has 3 heterocycles. The topological polar surface area (TPSA) is 60.8 Å². The van der Waals surface area contributed by atoms with Gasteiger partial charge in [-0.1, -0.05) is 496 Å². The first-order valence-corrected chi connectivity index (χ1v) is 57.2. The standard InChI is InChI=1S/C12H14ClF.C11H16.C10H14O.2C10H14S.6C10H14.2C8H10ClN.C7H9ClN2/c1-7(2)9-5-10(8-3-4-8)12(13)11(14)6-9;1-8(2)11-6-5-9(3)10(4)7-11;1-8(2)11-10-6-4-9(3)5-7-10;1-8(2)9-4-6-10(11-3)7-5-9;1-9(2)11-8-10-6-4-3-5-7-10;5*1-8(2)10-6-4-9(3)5-7-10;1-8(2)10-6-4-5-9(3)7-10;1-6(2)8-4-3-7(9)5-10-8;1-6(2)7-3-4-8(9)10-5-7;1-5(2)7-9-3-6(8)4-10-7/h5-8H,3-4H2,1-2H3;5-8H,1-4H3;2*4-8H,1-3H3;3-7,9H,8H2,1-2H3;6*4-8H,1-3H3;2*3-6H,1-2H3;3-5H,1-2H3. The molecular formula is C136H185Cl4FN4OS2. The minimum atomic E-state index is -0.264. The predicted molar refractivity (Wildman–Crippen MR) is 659 cm³/mol. The lowest BCUT2D eigenvalue weighted by Gasteiger charge is -2.10. The fraction of sp³-hybridized carbons (Fsp3) is 0.412. The van der Waals surface area contributed by atoms with E-state index in [2.05, 4.69) is 491 Å². The van der Waals surface area contributed by atoms with E-state index in [1.54, 1.807) is 36.4 Å². The minimum Gasteiger partial charge on any atom is -0.491 e. The van der Waals surface area contributed by atoms with E-state index in [1.165, 1.54) is 111 Å². The van der Waals surface area contributed by atoms with Crippen LogP contribution in [0.3, 0.4) is 0 Å². The number of nitrogens with zero attached hydrogens (tertiary/aromatic N) is 4. The summed E-state index contributed by atoms with van der Waals surface area (Å²) in [6, 6.07) is 97.6. The zero-order chi connectivity index (χ0) is 111. The lowest BCUT2D eigenvalue weighted by Crippen LogP contribution is -2.05. The van der Waals surface area contributed by atoms with Crippen molar-refractivity contribution in [2.75, 3.05) is 6.26 Å². The summed E-state index contributed by atoms with van der Waals surface area (Å²) < 4.78 is 18.9. The van der Waals surface area contributed by atoms with Crippen molar-refractivity contribution in [1.29, 1.82) is 0 Å². The van der Waals surface area contributed by atoms with Crippen LogP contribution < -0.4 is 4.74 Å². The molecule has 0 saturated heterocycles. The second-order valence-electron chi connectivity index (χ2n) is 42.5. The van der Waals surface area contributed by atoms with Gasteiger partial charge in [-0.25, -0.2) is 19.3 Å². The van der Waals surface area contributed by atoms with Gasteiger partial charge in [0.25, 0.3) is 0 Å². The van der Waals surface area contributed by atoms with Gasteiger partial charge in [0.2, 0.25) is 0 Å². The van der Waals surface area contributed by atoms with E-state index >= 15 is 0 Å². The summed E-state index contributed by atoms with van der Waals surface area (Å²) in [6.45, 7) is 79.8. The van der Waals surface area contributed by atoms with Crippen molar-refractivity contribution in [3.05, 3.63) is 458 Å². The van der Waals surface area contributed by atoms with Crippen molar-refractivity contribution >= 4 is 69.9 Å².